The van der Waals surface area contributed by atoms with Gasteiger partial charge in [0.25, 0.3) is 0 Å². The van der Waals surface area contributed by atoms with Crippen LogP contribution in [-0.4, -0.2) is 39.6 Å². The maximum absolute atomic E-state index is 13.1. The van der Waals surface area contributed by atoms with E-state index in [2.05, 4.69) is 25.3 Å². The molecule has 3 heterocycles. The molecule has 1 aromatic carbocycles. The average Bonchev–Trinajstić information content (AvgIpc) is 3.34. The molecule has 4 rings (SSSR count). The third kappa shape index (κ3) is 4.49. The topological polar surface area (TPSA) is 121 Å². The first kappa shape index (κ1) is 23.4. The summed E-state index contributed by atoms with van der Waals surface area (Å²) in [5.41, 5.74) is 1.27. The summed E-state index contributed by atoms with van der Waals surface area (Å²) >= 11 is 0.645. The van der Waals surface area contributed by atoms with Crippen molar-refractivity contribution < 1.29 is 21.6 Å². The lowest BCUT2D eigenvalue weighted by atomic mass is 9.94. The van der Waals surface area contributed by atoms with Crippen LogP contribution in [0.2, 0.25) is 0 Å². The Bertz CT molecular complexity index is 1360. The summed E-state index contributed by atoms with van der Waals surface area (Å²) in [6.07, 6.45) is 1.97. The van der Waals surface area contributed by atoms with Gasteiger partial charge in [0.1, 0.15) is 14.2 Å². The molecule has 0 spiro atoms. The van der Waals surface area contributed by atoms with Crippen LogP contribution in [0.3, 0.4) is 0 Å². The van der Waals surface area contributed by atoms with Gasteiger partial charge in [-0.1, -0.05) is 20.8 Å². The first-order valence-electron chi connectivity index (χ1n) is 10.3. The van der Waals surface area contributed by atoms with Gasteiger partial charge >= 0.3 is 0 Å². The fourth-order valence-electron chi connectivity index (χ4n) is 3.94. The summed E-state index contributed by atoms with van der Waals surface area (Å²) in [6, 6.07) is 7.40. The van der Waals surface area contributed by atoms with Crippen LogP contribution >= 0.6 is 11.3 Å². The molecular formula is C21H27N3O5S3. The van der Waals surface area contributed by atoms with Gasteiger partial charge in [0, 0.05) is 25.2 Å². The van der Waals surface area contributed by atoms with E-state index in [0.717, 1.165) is 43.9 Å². The van der Waals surface area contributed by atoms with Gasteiger partial charge < -0.3 is 9.30 Å². The molecule has 2 N–H and O–H groups in total. The highest BCUT2D eigenvalue weighted by Crippen LogP contribution is 2.33. The largest absolute Gasteiger partial charge is 0.381 e. The van der Waals surface area contributed by atoms with Gasteiger partial charge in [-0.25, -0.2) is 27.0 Å². The van der Waals surface area contributed by atoms with E-state index >= 15 is 0 Å². The Labute approximate surface area is 192 Å². The molecule has 8 nitrogen and oxygen atoms in total. The summed E-state index contributed by atoms with van der Waals surface area (Å²) in [5.74, 6) is 1.38. The Kier molecular flexibility index (Phi) is 6.00. The van der Waals surface area contributed by atoms with E-state index in [1.165, 1.54) is 12.1 Å². The smallest absolute Gasteiger partial charge is 0.247 e. The summed E-state index contributed by atoms with van der Waals surface area (Å²) in [5, 5.41) is 5.13. The van der Waals surface area contributed by atoms with Crippen LogP contribution in [0.4, 0.5) is 0 Å². The van der Waals surface area contributed by atoms with Crippen molar-refractivity contribution in [1.29, 1.82) is 0 Å². The summed E-state index contributed by atoms with van der Waals surface area (Å²) in [6.45, 7) is 8.59. The van der Waals surface area contributed by atoms with Crippen molar-refractivity contribution >= 4 is 42.2 Å². The monoisotopic (exact) mass is 497 g/mol. The third-order valence-electron chi connectivity index (χ3n) is 5.58. The number of benzene rings is 1. The van der Waals surface area contributed by atoms with Gasteiger partial charge in [-0.3, -0.25) is 0 Å². The molecule has 0 aliphatic carbocycles. The minimum Gasteiger partial charge on any atom is -0.381 e. The lowest BCUT2D eigenvalue weighted by Crippen LogP contribution is -2.25. The molecule has 1 aliphatic heterocycles. The number of sulfone groups is 1. The number of sulfonamides is 1. The highest BCUT2D eigenvalue weighted by molar-refractivity contribution is 7.95. The SMILES string of the molecule is CC(C)(C)c1nc2cc(S(=O)(=O)c3ccc(S(N)(=O)=O)s3)ccc2n1CC1CCOCC1. The lowest BCUT2D eigenvalue weighted by molar-refractivity contribution is 0.0611. The van der Waals surface area contributed by atoms with Crippen LogP contribution in [0.1, 0.15) is 39.4 Å². The molecule has 0 atom stereocenters. The van der Waals surface area contributed by atoms with E-state index in [9.17, 15) is 16.8 Å². The fourth-order valence-corrected chi connectivity index (χ4v) is 7.55. The van der Waals surface area contributed by atoms with Crippen molar-refractivity contribution in [3.63, 3.8) is 0 Å². The predicted octanol–water partition coefficient (Wildman–Crippen LogP) is 3.30. The van der Waals surface area contributed by atoms with Crippen LogP contribution in [0.5, 0.6) is 0 Å². The van der Waals surface area contributed by atoms with Gasteiger partial charge in [-0.15, -0.1) is 11.3 Å². The normalized spacial score (nSPS) is 16.6. The number of aromatic nitrogens is 2. The van der Waals surface area contributed by atoms with Crippen LogP contribution in [-0.2, 0) is 36.6 Å². The van der Waals surface area contributed by atoms with Crippen molar-refractivity contribution in [2.24, 2.45) is 11.1 Å². The number of imidazole rings is 1. The lowest BCUT2D eigenvalue weighted by Gasteiger charge is -2.26. The minimum absolute atomic E-state index is 0.0708. The number of ether oxygens (including phenoxy) is 1. The first-order valence-corrected chi connectivity index (χ1v) is 14.2. The molecule has 1 saturated heterocycles. The Balaban J connectivity index is 1.78. The molecule has 0 bridgehead atoms. The average molecular weight is 498 g/mol. The van der Waals surface area contributed by atoms with Gasteiger partial charge in [-0.05, 0) is 49.1 Å². The van der Waals surface area contributed by atoms with Gasteiger partial charge in [0.05, 0.1) is 15.9 Å². The van der Waals surface area contributed by atoms with E-state index < -0.39 is 19.9 Å². The minimum atomic E-state index is -3.96. The molecule has 32 heavy (non-hydrogen) atoms. The molecule has 3 aromatic rings. The molecule has 2 aromatic heterocycles. The Morgan fingerprint density at radius 1 is 1.09 bits per heavy atom. The zero-order chi connectivity index (χ0) is 23.3. The molecule has 0 unspecified atom stereocenters. The van der Waals surface area contributed by atoms with Crippen LogP contribution in [0, 0.1) is 5.92 Å². The van der Waals surface area contributed by atoms with E-state index in [1.54, 1.807) is 18.2 Å². The van der Waals surface area contributed by atoms with E-state index in [0.29, 0.717) is 22.8 Å². The molecule has 0 amide bonds. The van der Waals surface area contributed by atoms with Gasteiger partial charge in [0.2, 0.25) is 19.9 Å². The zero-order valence-electron chi connectivity index (χ0n) is 18.2. The number of fused-ring (bicyclic) bond motifs is 1. The van der Waals surface area contributed by atoms with Crippen molar-refractivity contribution in [3.05, 3.63) is 36.2 Å². The highest BCUT2D eigenvalue weighted by atomic mass is 32.3. The van der Waals surface area contributed by atoms with Gasteiger partial charge in [-0.2, -0.15) is 0 Å². The van der Waals surface area contributed by atoms with Crippen molar-refractivity contribution in [2.75, 3.05) is 13.2 Å². The number of rotatable bonds is 5. The molecule has 11 heteroatoms. The number of hydrogen-bond donors (Lipinski definition) is 1. The van der Waals surface area contributed by atoms with Crippen LogP contribution in [0.15, 0.2) is 43.6 Å². The quantitative estimate of drug-likeness (QED) is 0.577. The van der Waals surface area contributed by atoms with E-state index in [4.69, 9.17) is 14.9 Å². The first-order chi connectivity index (χ1) is 14.9. The maximum Gasteiger partial charge on any atom is 0.247 e. The second kappa shape index (κ2) is 8.21. The number of primary sulfonamides is 1. The summed E-state index contributed by atoms with van der Waals surface area (Å²) < 4.78 is 56.8. The molecule has 1 fully saturated rings. The molecule has 0 radical (unpaired) electrons. The van der Waals surface area contributed by atoms with Crippen molar-refractivity contribution in [3.8, 4) is 0 Å². The number of thiophene rings is 1. The predicted molar refractivity (Wildman–Crippen MR) is 123 cm³/mol. The summed E-state index contributed by atoms with van der Waals surface area (Å²) in [7, 11) is -7.87. The number of nitrogens with zero attached hydrogens (tertiary/aromatic N) is 2. The number of nitrogens with two attached hydrogens (primary N) is 1. The Morgan fingerprint density at radius 3 is 2.34 bits per heavy atom. The second-order valence-electron chi connectivity index (χ2n) is 9.12. The molecule has 174 valence electrons. The fraction of sp³-hybridized carbons (Fsp3) is 0.476. The van der Waals surface area contributed by atoms with Gasteiger partial charge in [0.15, 0.2) is 0 Å². The molecule has 0 saturated carbocycles. The molecule has 1 aliphatic rings. The highest BCUT2D eigenvalue weighted by Gasteiger charge is 2.28. The van der Waals surface area contributed by atoms with E-state index in [-0.39, 0.29) is 18.7 Å². The number of hydrogen-bond acceptors (Lipinski definition) is 7. The van der Waals surface area contributed by atoms with E-state index in [1.807, 2.05) is 0 Å². The second-order valence-corrected chi connectivity index (χ2v) is 14.2. The Hall–Kier alpha value is -1.79. The van der Waals surface area contributed by atoms with Crippen LogP contribution in [0.25, 0.3) is 11.0 Å². The Morgan fingerprint density at radius 2 is 1.75 bits per heavy atom. The van der Waals surface area contributed by atoms with Crippen LogP contribution < -0.4 is 5.14 Å². The third-order valence-corrected chi connectivity index (χ3v) is 10.4. The maximum atomic E-state index is 13.1. The van der Waals surface area contributed by atoms with Crippen molar-refractivity contribution in [2.45, 2.75) is 58.9 Å². The zero-order valence-corrected chi connectivity index (χ0v) is 20.7. The summed E-state index contributed by atoms with van der Waals surface area (Å²) in [4.78, 5) is 4.89. The molecular weight excluding hydrogens is 470 g/mol. The van der Waals surface area contributed by atoms with Crippen molar-refractivity contribution in [1.82, 2.24) is 9.55 Å². The standard InChI is InChI=1S/C21H27N3O5S3/c1-21(2,3)20-23-16-12-15(31(25,26)18-6-7-19(30-18)32(22,27)28)4-5-17(16)24(20)13-14-8-10-29-11-9-14/h4-7,12,14H,8-11,13H2,1-3H3,(H2,22,27,28).